The van der Waals surface area contributed by atoms with Crippen LogP contribution in [0.4, 0.5) is 0 Å². The summed E-state index contributed by atoms with van der Waals surface area (Å²) in [5.41, 5.74) is 0.926. The number of benzene rings is 2. The van der Waals surface area contributed by atoms with Gasteiger partial charge in [-0.2, -0.15) is 0 Å². The predicted molar refractivity (Wildman–Crippen MR) is 100.0 cm³/mol. The molecule has 0 atom stereocenters. The molecule has 136 valence electrons. The minimum absolute atomic E-state index is 0.0112. The Hall–Kier alpha value is -3.25. The highest BCUT2D eigenvalue weighted by Crippen LogP contribution is 2.30. The smallest absolute Gasteiger partial charge is 0.379 e. The van der Waals surface area contributed by atoms with Crippen LogP contribution in [-0.4, -0.2) is 13.1 Å². The Bertz CT molecular complexity index is 1250. The molecule has 7 heteroatoms. The standard InChI is InChI=1S/C20H13ClO6/c1-10-14(7-6-12-17(22)13(21)9-25-18(10)12)27-20(23)16-8-11-4-3-5-15(24-2)19(11)26-16/h3-9H,1-2H3. The molecule has 6 nitrogen and oxygen atoms in total. The first-order chi connectivity index (χ1) is 13.0. The van der Waals surface area contributed by atoms with Crippen LogP contribution in [0.5, 0.6) is 11.5 Å². The number of carbonyl (C=O) groups excluding carboxylic acids is 1. The summed E-state index contributed by atoms with van der Waals surface area (Å²) in [5.74, 6) is 0.135. The SMILES string of the molecule is COc1cccc2cc(C(=O)Oc3ccc4c(=O)c(Cl)coc4c3C)oc12. The van der Waals surface area contributed by atoms with E-state index in [0.29, 0.717) is 27.9 Å². The highest BCUT2D eigenvalue weighted by atomic mass is 35.5. The summed E-state index contributed by atoms with van der Waals surface area (Å²) >= 11 is 5.79. The quantitative estimate of drug-likeness (QED) is 0.375. The van der Waals surface area contributed by atoms with Crippen molar-refractivity contribution in [1.82, 2.24) is 0 Å². The topological polar surface area (TPSA) is 78.9 Å². The molecule has 0 saturated heterocycles. The van der Waals surface area contributed by atoms with Crippen LogP contribution < -0.4 is 14.9 Å². The number of esters is 1. The largest absolute Gasteiger partial charge is 0.493 e. The zero-order valence-corrected chi connectivity index (χ0v) is 15.1. The number of methoxy groups -OCH3 is 1. The maximum Gasteiger partial charge on any atom is 0.379 e. The van der Waals surface area contributed by atoms with Gasteiger partial charge in [-0.1, -0.05) is 23.7 Å². The normalized spacial score (nSPS) is 11.1. The fourth-order valence-electron chi connectivity index (χ4n) is 2.86. The van der Waals surface area contributed by atoms with E-state index in [1.807, 2.05) is 0 Å². The maximum atomic E-state index is 12.5. The van der Waals surface area contributed by atoms with Crippen LogP contribution >= 0.6 is 11.6 Å². The molecule has 0 unspecified atom stereocenters. The first-order valence-corrected chi connectivity index (χ1v) is 8.36. The Morgan fingerprint density at radius 3 is 2.70 bits per heavy atom. The fraction of sp³-hybridized carbons (Fsp3) is 0.100. The van der Waals surface area contributed by atoms with Gasteiger partial charge in [-0.3, -0.25) is 4.79 Å². The third-order valence-electron chi connectivity index (χ3n) is 4.23. The number of halogens is 1. The summed E-state index contributed by atoms with van der Waals surface area (Å²) in [5, 5.41) is 1.02. The van der Waals surface area contributed by atoms with Crippen molar-refractivity contribution in [2.45, 2.75) is 6.92 Å². The Labute approximate surface area is 157 Å². The molecule has 0 radical (unpaired) electrons. The van der Waals surface area contributed by atoms with Crippen LogP contribution in [0.1, 0.15) is 16.1 Å². The van der Waals surface area contributed by atoms with Gasteiger partial charge in [0.25, 0.3) is 0 Å². The van der Waals surface area contributed by atoms with Gasteiger partial charge in [0.2, 0.25) is 11.2 Å². The van der Waals surface area contributed by atoms with E-state index in [9.17, 15) is 9.59 Å². The minimum atomic E-state index is -0.674. The van der Waals surface area contributed by atoms with E-state index in [2.05, 4.69) is 0 Å². The van der Waals surface area contributed by atoms with Crippen molar-refractivity contribution < 1.29 is 23.1 Å². The predicted octanol–water partition coefficient (Wildman–Crippen LogP) is 4.73. The third kappa shape index (κ3) is 2.84. The van der Waals surface area contributed by atoms with Crippen molar-refractivity contribution in [2.24, 2.45) is 0 Å². The highest BCUT2D eigenvalue weighted by Gasteiger charge is 2.19. The number of para-hydroxylation sites is 1. The summed E-state index contributed by atoms with van der Waals surface area (Å²) in [6, 6.07) is 9.94. The monoisotopic (exact) mass is 384 g/mol. The third-order valence-corrected chi connectivity index (χ3v) is 4.49. The minimum Gasteiger partial charge on any atom is -0.493 e. The molecule has 4 rings (SSSR count). The average molecular weight is 385 g/mol. The second-order valence-electron chi connectivity index (χ2n) is 5.86. The van der Waals surface area contributed by atoms with Crippen molar-refractivity contribution in [2.75, 3.05) is 7.11 Å². The van der Waals surface area contributed by atoms with Gasteiger partial charge >= 0.3 is 5.97 Å². The molecule has 2 aromatic heterocycles. The second-order valence-corrected chi connectivity index (χ2v) is 6.26. The van der Waals surface area contributed by atoms with Gasteiger partial charge < -0.3 is 18.3 Å². The first-order valence-electron chi connectivity index (χ1n) is 7.99. The van der Waals surface area contributed by atoms with E-state index in [1.54, 1.807) is 31.2 Å². The van der Waals surface area contributed by atoms with Gasteiger partial charge in [0.15, 0.2) is 11.3 Å². The van der Waals surface area contributed by atoms with Crippen molar-refractivity contribution in [3.63, 3.8) is 0 Å². The summed E-state index contributed by atoms with van der Waals surface area (Å²) < 4.78 is 21.7. The van der Waals surface area contributed by atoms with E-state index in [4.69, 9.17) is 29.9 Å². The number of rotatable bonds is 3. The zero-order chi connectivity index (χ0) is 19.1. The van der Waals surface area contributed by atoms with Crippen LogP contribution in [-0.2, 0) is 0 Å². The summed E-state index contributed by atoms with van der Waals surface area (Å²) in [6.07, 6.45) is 1.16. The molecule has 2 aromatic carbocycles. The summed E-state index contributed by atoms with van der Waals surface area (Å²) in [4.78, 5) is 24.6. The molecule has 0 amide bonds. The van der Waals surface area contributed by atoms with Crippen molar-refractivity contribution in [1.29, 1.82) is 0 Å². The fourth-order valence-corrected chi connectivity index (χ4v) is 3.00. The van der Waals surface area contributed by atoms with Crippen LogP contribution in [0, 0.1) is 6.92 Å². The van der Waals surface area contributed by atoms with Gasteiger partial charge in [0.05, 0.1) is 12.5 Å². The molecule has 0 aliphatic heterocycles. The van der Waals surface area contributed by atoms with Gasteiger partial charge in [-0.05, 0) is 31.2 Å². The number of furan rings is 1. The van der Waals surface area contributed by atoms with E-state index >= 15 is 0 Å². The molecule has 0 aliphatic carbocycles. The molecule has 0 N–H and O–H groups in total. The lowest BCUT2D eigenvalue weighted by atomic mass is 10.1. The Morgan fingerprint density at radius 2 is 1.93 bits per heavy atom. The number of aryl methyl sites for hydroxylation is 1. The molecule has 2 heterocycles. The summed E-state index contributed by atoms with van der Waals surface area (Å²) in [6.45, 7) is 1.68. The number of ether oxygens (including phenoxy) is 2. The first kappa shape index (κ1) is 17.2. The molecule has 0 spiro atoms. The second kappa shape index (κ2) is 6.48. The number of fused-ring (bicyclic) bond motifs is 2. The van der Waals surface area contributed by atoms with Crippen molar-refractivity contribution in [3.8, 4) is 11.5 Å². The molecule has 0 fully saturated rings. The lowest BCUT2D eigenvalue weighted by molar-refractivity contribution is 0.0702. The molecule has 0 aliphatic rings. The van der Waals surface area contributed by atoms with Gasteiger partial charge in [0, 0.05) is 10.9 Å². The number of hydrogen-bond acceptors (Lipinski definition) is 6. The zero-order valence-electron chi connectivity index (χ0n) is 14.4. The van der Waals surface area contributed by atoms with Crippen molar-refractivity contribution >= 4 is 39.5 Å². The molecule has 0 bridgehead atoms. The van der Waals surface area contributed by atoms with E-state index in [0.717, 1.165) is 11.6 Å². The highest BCUT2D eigenvalue weighted by molar-refractivity contribution is 6.30. The van der Waals surface area contributed by atoms with E-state index in [1.165, 1.54) is 19.2 Å². The van der Waals surface area contributed by atoms with Crippen LogP contribution in [0.25, 0.3) is 21.9 Å². The lowest BCUT2D eigenvalue weighted by Gasteiger charge is -2.08. The van der Waals surface area contributed by atoms with Crippen LogP contribution in [0.15, 0.2) is 56.3 Å². The summed E-state index contributed by atoms with van der Waals surface area (Å²) in [7, 11) is 1.52. The van der Waals surface area contributed by atoms with E-state index in [-0.39, 0.29) is 22.0 Å². The Kier molecular flexibility index (Phi) is 4.12. The molecule has 27 heavy (non-hydrogen) atoms. The number of carbonyl (C=O) groups is 1. The lowest BCUT2D eigenvalue weighted by Crippen LogP contribution is -2.09. The molecule has 0 saturated carbocycles. The molecular formula is C20H13ClO6. The average Bonchev–Trinajstić information content (AvgIpc) is 3.11. The van der Waals surface area contributed by atoms with Crippen molar-refractivity contribution in [3.05, 3.63) is 69.2 Å². The Morgan fingerprint density at radius 1 is 1.11 bits per heavy atom. The number of hydrogen-bond donors (Lipinski definition) is 0. The van der Waals surface area contributed by atoms with Gasteiger partial charge in [0.1, 0.15) is 22.6 Å². The maximum absolute atomic E-state index is 12.5. The van der Waals surface area contributed by atoms with Crippen LogP contribution in [0.3, 0.4) is 0 Å². The van der Waals surface area contributed by atoms with Crippen LogP contribution in [0.2, 0.25) is 5.02 Å². The van der Waals surface area contributed by atoms with Gasteiger partial charge in [-0.25, -0.2) is 4.79 Å². The molecular weight excluding hydrogens is 372 g/mol. The van der Waals surface area contributed by atoms with E-state index < -0.39 is 5.97 Å². The molecule has 4 aromatic rings. The Balaban J connectivity index is 1.72. The van der Waals surface area contributed by atoms with Gasteiger partial charge in [-0.15, -0.1) is 0 Å².